The maximum atomic E-state index is 11.9. The zero-order chi connectivity index (χ0) is 14.0. The topological polar surface area (TPSA) is 63.2 Å². The third-order valence-electron chi connectivity index (χ3n) is 3.16. The summed E-state index contributed by atoms with van der Waals surface area (Å²) in [5, 5.41) is 0. The number of hydrogen-bond donors (Lipinski definition) is 1. The summed E-state index contributed by atoms with van der Waals surface area (Å²) >= 11 is 0. The van der Waals surface area contributed by atoms with Gasteiger partial charge in [0.05, 0.1) is 4.90 Å². The molecule has 0 spiro atoms. The van der Waals surface area contributed by atoms with Crippen LogP contribution < -0.4 is 4.72 Å². The van der Waals surface area contributed by atoms with Crippen molar-refractivity contribution >= 4 is 15.8 Å². The SMILES string of the molecule is CC(C)C(=O)Cc1ccc(S(=O)(=O)NC2CC2)cc1. The van der Waals surface area contributed by atoms with Crippen LogP contribution in [0.25, 0.3) is 0 Å². The number of benzene rings is 1. The Bertz CT molecular complexity index is 557. The van der Waals surface area contributed by atoms with Crippen LogP contribution >= 0.6 is 0 Å². The second kappa shape index (κ2) is 5.43. The van der Waals surface area contributed by atoms with Crippen molar-refractivity contribution in [2.45, 2.75) is 44.0 Å². The standard InChI is InChI=1S/C14H19NO3S/c1-10(2)14(16)9-11-3-7-13(8-4-11)19(17,18)15-12-5-6-12/h3-4,7-8,10,12,15H,5-6,9H2,1-2H3. The molecule has 1 aliphatic carbocycles. The lowest BCUT2D eigenvalue weighted by Gasteiger charge is -2.07. The molecular formula is C14H19NO3S. The molecule has 2 rings (SSSR count). The first-order chi connectivity index (χ1) is 8.88. The lowest BCUT2D eigenvalue weighted by Crippen LogP contribution is -2.25. The molecule has 1 N–H and O–H groups in total. The highest BCUT2D eigenvalue weighted by Gasteiger charge is 2.27. The van der Waals surface area contributed by atoms with E-state index in [4.69, 9.17) is 0 Å². The van der Waals surface area contributed by atoms with E-state index in [0.29, 0.717) is 6.42 Å². The van der Waals surface area contributed by atoms with Crippen molar-refractivity contribution in [3.05, 3.63) is 29.8 Å². The fourth-order valence-corrected chi connectivity index (χ4v) is 2.99. The number of rotatable bonds is 6. The van der Waals surface area contributed by atoms with E-state index >= 15 is 0 Å². The van der Waals surface area contributed by atoms with Gasteiger partial charge in [0.15, 0.2) is 0 Å². The summed E-state index contributed by atoms with van der Waals surface area (Å²) in [4.78, 5) is 11.9. The summed E-state index contributed by atoms with van der Waals surface area (Å²) in [6.45, 7) is 3.72. The van der Waals surface area contributed by atoms with Crippen LogP contribution in [0.1, 0.15) is 32.3 Å². The van der Waals surface area contributed by atoms with Crippen molar-refractivity contribution in [3.63, 3.8) is 0 Å². The van der Waals surface area contributed by atoms with Crippen molar-refractivity contribution in [1.29, 1.82) is 0 Å². The smallest absolute Gasteiger partial charge is 0.240 e. The van der Waals surface area contributed by atoms with Crippen molar-refractivity contribution in [1.82, 2.24) is 4.72 Å². The molecule has 1 aromatic rings. The molecule has 104 valence electrons. The van der Waals surface area contributed by atoms with Crippen LogP contribution in [0, 0.1) is 5.92 Å². The van der Waals surface area contributed by atoms with Gasteiger partial charge < -0.3 is 0 Å². The summed E-state index contributed by atoms with van der Waals surface area (Å²) in [5.41, 5.74) is 0.851. The van der Waals surface area contributed by atoms with Crippen LogP contribution in [0.3, 0.4) is 0 Å². The van der Waals surface area contributed by atoms with Crippen LogP contribution in [0.4, 0.5) is 0 Å². The molecule has 0 heterocycles. The largest absolute Gasteiger partial charge is 0.299 e. The fraction of sp³-hybridized carbons (Fsp3) is 0.500. The molecule has 0 bridgehead atoms. The van der Waals surface area contributed by atoms with Gasteiger partial charge in [0, 0.05) is 18.4 Å². The molecule has 1 saturated carbocycles. The average molecular weight is 281 g/mol. The third-order valence-corrected chi connectivity index (χ3v) is 4.69. The normalized spacial score (nSPS) is 15.7. The minimum Gasteiger partial charge on any atom is -0.299 e. The molecule has 0 aliphatic heterocycles. The Balaban J connectivity index is 2.07. The monoisotopic (exact) mass is 281 g/mol. The van der Waals surface area contributed by atoms with Gasteiger partial charge in [-0.3, -0.25) is 4.79 Å². The lowest BCUT2D eigenvalue weighted by atomic mass is 10.0. The Kier molecular flexibility index (Phi) is 4.06. The Hall–Kier alpha value is -1.20. The van der Waals surface area contributed by atoms with Gasteiger partial charge in [0.25, 0.3) is 0 Å². The van der Waals surface area contributed by atoms with Crippen LogP contribution in [-0.4, -0.2) is 20.2 Å². The number of ketones is 1. The number of carbonyl (C=O) groups excluding carboxylic acids is 1. The van der Waals surface area contributed by atoms with E-state index in [1.54, 1.807) is 24.3 Å². The maximum Gasteiger partial charge on any atom is 0.240 e. The molecular weight excluding hydrogens is 262 g/mol. The number of sulfonamides is 1. The molecule has 0 radical (unpaired) electrons. The van der Waals surface area contributed by atoms with Crippen LogP contribution in [-0.2, 0) is 21.2 Å². The first kappa shape index (κ1) is 14.2. The highest BCUT2D eigenvalue weighted by Crippen LogP contribution is 2.22. The third kappa shape index (κ3) is 3.88. The van der Waals surface area contributed by atoms with Gasteiger partial charge in [-0.25, -0.2) is 13.1 Å². The predicted octanol–water partition coefficient (Wildman–Crippen LogP) is 1.89. The highest BCUT2D eigenvalue weighted by atomic mass is 32.2. The highest BCUT2D eigenvalue weighted by molar-refractivity contribution is 7.89. The van der Waals surface area contributed by atoms with Crippen molar-refractivity contribution in [2.24, 2.45) is 5.92 Å². The summed E-state index contributed by atoms with van der Waals surface area (Å²) in [5.74, 6) is 0.159. The van der Waals surface area contributed by atoms with Gasteiger partial charge in [-0.15, -0.1) is 0 Å². The minimum atomic E-state index is -3.39. The second-order valence-corrected chi connectivity index (χ2v) is 7.05. The number of Topliss-reactive ketones (excluding diaryl/α,β-unsaturated/α-hetero) is 1. The summed E-state index contributed by atoms with van der Waals surface area (Å²) in [7, 11) is -3.39. The van der Waals surface area contributed by atoms with Gasteiger partial charge in [-0.2, -0.15) is 0 Å². The zero-order valence-corrected chi connectivity index (χ0v) is 12.0. The van der Waals surface area contributed by atoms with Gasteiger partial charge in [-0.1, -0.05) is 26.0 Å². The number of carbonyl (C=O) groups is 1. The van der Waals surface area contributed by atoms with Gasteiger partial charge in [0.1, 0.15) is 5.78 Å². The number of hydrogen-bond acceptors (Lipinski definition) is 3. The molecule has 1 fully saturated rings. The quantitative estimate of drug-likeness (QED) is 0.866. The molecule has 19 heavy (non-hydrogen) atoms. The minimum absolute atomic E-state index is 0.0000533. The maximum absolute atomic E-state index is 11.9. The van der Waals surface area contributed by atoms with Gasteiger partial charge >= 0.3 is 0 Å². The lowest BCUT2D eigenvalue weighted by molar-refractivity contribution is -0.121. The number of nitrogens with one attached hydrogen (secondary N) is 1. The predicted molar refractivity (Wildman–Crippen MR) is 73.3 cm³/mol. The summed E-state index contributed by atoms with van der Waals surface area (Å²) in [6.07, 6.45) is 2.19. The molecule has 0 unspecified atom stereocenters. The Morgan fingerprint density at radius 3 is 2.32 bits per heavy atom. The molecule has 0 amide bonds. The first-order valence-corrected chi connectivity index (χ1v) is 8.01. The van der Waals surface area contributed by atoms with E-state index < -0.39 is 10.0 Å². The fourth-order valence-electron chi connectivity index (χ4n) is 1.68. The van der Waals surface area contributed by atoms with Crippen molar-refractivity contribution in [2.75, 3.05) is 0 Å². The Labute approximate surface area is 114 Å². The summed E-state index contributed by atoms with van der Waals surface area (Å²) in [6, 6.07) is 6.65. The van der Waals surface area contributed by atoms with E-state index in [-0.39, 0.29) is 22.6 Å². The van der Waals surface area contributed by atoms with E-state index in [1.165, 1.54) is 0 Å². The van der Waals surface area contributed by atoms with E-state index in [1.807, 2.05) is 13.8 Å². The molecule has 1 aliphatic rings. The van der Waals surface area contributed by atoms with Gasteiger partial charge in [0.2, 0.25) is 10.0 Å². The molecule has 0 aromatic heterocycles. The van der Waals surface area contributed by atoms with E-state index in [2.05, 4.69) is 4.72 Å². The molecule has 5 heteroatoms. The second-order valence-electron chi connectivity index (χ2n) is 5.34. The van der Waals surface area contributed by atoms with Crippen LogP contribution in [0.2, 0.25) is 0 Å². The van der Waals surface area contributed by atoms with Crippen molar-refractivity contribution < 1.29 is 13.2 Å². The first-order valence-electron chi connectivity index (χ1n) is 6.52. The average Bonchev–Trinajstić information content (AvgIpc) is 3.12. The molecule has 4 nitrogen and oxygen atoms in total. The van der Waals surface area contributed by atoms with Crippen LogP contribution in [0.5, 0.6) is 0 Å². The van der Waals surface area contributed by atoms with Crippen LogP contribution in [0.15, 0.2) is 29.2 Å². The molecule has 0 atom stereocenters. The zero-order valence-electron chi connectivity index (χ0n) is 11.2. The Morgan fingerprint density at radius 1 is 1.26 bits per heavy atom. The summed E-state index contributed by atoms with van der Waals surface area (Å²) < 4.78 is 26.5. The van der Waals surface area contributed by atoms with Crippen molar-refractivity contribution in [3.8, 4) is 0 Å². The molecule has 1 aromatic carbocycles. The van der Waals surface area contributed by atoms with E-state index in [0.717, 1.165) is 18.4 Å². The Morgan fingerprint density at radius 2 is 1.84 bits per heavy atom. The van der Waals surface area contributed by atoms with E-state index in [9.17, 15) is 13.2 Å². The molecule has 0 saturated heterocycles. The van der Waals surface area contributed by atoms with Gasteiger partial charge in [-0.05, 0) is 30.5 Å².